The molecule has 2 rings (SSSR count). The lowest BCUT2D eigenvalue weighted by molar-refractivity contribution is -0.119. The van der Waals surface area contributed by atoms with Crippen molar-refractivity contribution < 1.29 is 4.79 Å². The van der Waals surface area contributed by atoms with Gasteiger partial charge in [0.15, 0.2) is 5.78 Å². The zero-order valence-electron chi connectivity index (χ0n) is 12.0. The van der Waals surface area contributed by atoms with E-state index in [1.165, 1.54) is 29.7 Å². The average Bonchev–Trinajstić information content (AvgIpc) is 2.68. The highest BCUT2D eigenvalue weighted by atomic mass is 32.1. The van der Waals surface area contributed by atoms with E-state index in [1.807, 2.05) is 20.8 Å². The first-order valence-corrected chi connectivity index (χ1v) is 7.23. The highest BCUT2D eigenvalue weighted by molar-refractivity contribution is 7.07. The minimum absolute atomic E-state index is 0.0531. The fourth-order valence-corrected chi connectivity index (χ4v) is 2.45. The Hall–Kier alpha value is -2.21. The number of rotatable bonds is 2. The minimum atomic E-state index is -0.489. The quantitative estimate of drug-likeness (QED) is 0.840. The number of aromatic nitrogens is 2. The van der Waals surface area contributed by atoms with Crippen molar-refractivity contribution in [2.45, 2.75) is 20.8 Å². The Labute approximate surface area is 124 Å². The molecular formula is C15H16N2O3S. The van der Waals surface area contributed by atoms with Crippen molar-refractivity contribution in [2.24, 2.45) is 5.41 Å². The van der Waals surface area contributed by atoms with Crippen LogP contribution in [0.3, 0.4) is 0 Å². The Bertz CT molecular complexity index is 894. The molecule has 110 valence electrons. The number of nitrogens with one attached hydrogen (secondary N) is 2. The van der Waals surface area contributed by atoms with E-state index in [9.17, 15) is 14.4 Å². The van der Waals surface area contributed by atoms with Crippen LogP contribution in [0.25, 0.3) is 12.2 Å². The van der Waals surface area contributed by atoms with Gasteiger partial charge in [-0.05, 0) is 17.7 Å². The molecule has 0 aliphatic carbocycles. The van der Waals surface area contributed by atoms with Gasteiger partial charge in [0.1, 0.15) is 0 Å². The molecule has 2 aromatic rings. The molecule has 0 fully saturated rings. The molecule has 0 aromatic carbocycles. The van der Waals surface area contributed by atoms with E-state index >= 15 is 0 Å². The molecule has 0 amide bonds. The van der Waals surface area contributed by atoms with E-state index in [2.05, 4.69) is 9.97 Å². The molecule has 0 spiro atoms. The number of Topliss-reactive ketones (excluding diaryl/α,β-unsaturated/α-hetero) is 1. The summed E-state index contributed by atoms with van der Waals surface area (Å²) in [5, 5.41) is 0. The lowest BCUT2D eigenvalue weighted by Gasteiger charge is -2.12. The van der Waals surface area contributed by atoms with E-state index in [1.54, 1.807) is 12.1 Å². The molecule has 21 heavy (non-hydrogen) atoms. The summed E-state index contributed by atoms with van der Waals surface area (Å²) >= 11 is 1.19. The standard InChI is InChI=1S/C15H16N2O3S/c1-15(2,3)11(18)8-13-17-14(20)10(21-13)6-9-4-5-16-12(19)7-9/h4-8H,1-3H3,(H,16,19)(H,17,20)/b10-6-,13-8+. The van der Waals surface area contributed by atoms with E-state index < -0.39 is 5.41 Å². The monoisotopic (exact) mass is 304 g/mol. The highest BCUT2D eigenvalue weighted by Gasteiger charge is 2.18. The summed E-state index contributed by atoms with van der Waals surface area (Å²) in [4.78, 5) is 40.2. The number of H-pyrrole nitrogens is 2. The zero-order valence-corrected chi connectivity index (χ0v) is 12.8. The van der Waals surface area contributed by atoms with Gasteiger partial charge in [-0.2, -0.15) is 0 Å². The Balaban J connectivity index is 2.50. The minimum Gasteiger partial charge on any atom is -0.329 e. The SMILES string of the molecule is CC(C)(C)C(=O)/C=c1\[nH]c(=O)/c(=C/c2cc[nH]c(=O)c2)s1. The van der Waals surface area contributed by atoms with E-state index in [4.69, 9.17) is 0 Å². The normalized spacial score (nSPS) is 13.7. The summed E-state index contributed by atoms with van der Waals surface area (Å²) < 4.78 is 0.963. The van der Waals surface area contributed by atoms with Gasteiger partial charge < -0.3 is 9.97 Å². The second-order valence-corrected chi connectivity index (χ2v) is 6.76. The van der Waals surface area contributed by atoms with Crippen LogP contribution in [-0.4, -0.2) is 15.8 Å². The number of pyridine rings is 1. The predicted octanol–water partition coefficient (Wildman–Crippen LogP) is 0.349. The van der Waals surface area contributed by atoms with Crippen LogP contribution < -0.4 is 20.3 Å². The maximum Gasteiger partial charge on any atom is 0.266 e. The van der Waals surface area contributed by atoms with Crippen molar-refractivity contribution >= 4 is 29.3 Å². The largest absolute Gasteiger partial charge is 0.329 e. The van der Waals surface area contributed by atoms with Crippen LogP contribution in [0.5, 0.6) is 0 Å². The molecule has 6 heteroatoms. The van der Waals surface area contributed by atoms with Gasteiger partial charge >= 0.3 is 0 Å². The lowest BCUT2D eigenvalue weighted by Crippen LogP contribution is -2.22. The van der Waals surface area contributed by atoms with Gasteiger partial charge in [0.25, 0.3) is 5.56 Å². The Morgan fingerprint density at radius 1 is 1.29 bits per heavy atom. The molecule has 0 saturated carbocycles. The molecule has 2 heterocycles. The van der Waals surface area contributed by atoms with E-state index in [-0.39, 0.29) is 16.9 Å². The number of carbonyl (C=O) groups is 1. The molecule has 2 N–H and O–H groups in total. The van der Waals surface area contributed by atoms with Crippen molar-refractivity contribution in [2.75, 3.05) is 0 Å². The number of hydrogen-bond donors (Lipinski definition) is 2. The van der Waals surface area contributed by atoms with Gasteiger partial charge in [-0.25, -0.2) is 0 Å². The zero-order chi connectivity index (χ0) is 15.6. The molecule has 0 saturated heterocycles. The molecule has 0 atom stereocenters. The first-order chi connectivity index (χ1) is 9.75. The average molecular weight is 304 g/mol. The van der Waals surface area contributed by atoms with Gasteiger partial charge in [0.2, 0.25) is 5.56 Å². The topological polar surface area (TPSA) is 82.8 Å². The number of hydrogen-bond acceptors (Lipinski definition) is 4. The van der Waals surface area contributed by atoms with Gasteiger partial charge in [-0.1, -0.05) is 20.8 Å². The first kappa shape index (κ1) is 15.2. The first-order valence-electron chi connectivity index (χ1n) is 6.41. The van der Waals surface area contributed by atoms with Gasteiger partial charge in [0, 0.05) is 23.8 Å². The van der Waals surface area contributed by atoms with Crippen LogP contribution in [-0.2, 0) is 4.79 Å². The van der Waals surface area contributed by atoms with E-state index in [0.29, 0.717) is 14.8 Å². The maximum absolute atomic E-state index is 11.9. The summed E-state index contributed by atoms with van der Waals surface area (Å²) in [5.74, 6) is -0.0531. The van der Waals surface area contributed by atoms with Crippen LogP contribution in [0.2, 0.25) is 0 Å². The molecule has 0 aliphatic rings. The Morgan fingerprint density at radius 2 is 2.00 bits per heavy atom. The van der Waals surface area contributed by atoms with Gasteiger partial charge in [0.05, 0.1) is 9.20 Å². The fourth-order valence-electron chi connectivity index (χ4n) is 1.56. The molecular weight excluding hydrogens is 288 g/mol. The van der Waals surface area contributed by atoms with Crippen LogP contribution in [0.15, 0.2) is 27.9 Å². The third kappa shape index (κ3) is 3.88. The van der Waals surface area contributed by atoms with Crippen LogP contribution in [0, 0.1) is 5.41 Å². The second kappa shape index (κ2) is 5.65. The van der Waals surface area contributed by atoms with Crippen LogP contribution in [0.4, 0.5) is 0 Å². The summed E-state index contributed by atoms with van der Waals surface area (Å²) in [6.45, 7) is 5.46. The second-order valence-electron chi connectivity index (χ2n) is 5.67. The molecule has 2 aromatic heterocycles. The number of thiazole rings is 1. The molecule has 0 radical (unpaired) electrons. The lowest BCUT2D eigenvalue weighted by atomic mass is 9.91. The van der Waals surface area contributed by atoms with Crippen molar-refractivity contribution in [3.05, 3.63) is 53.8 Å². The van der Waals surface area contributed by atoms with Crippen LogP contribution in [0.1, 0.15) is 26.3 Å². The smallest absolute Gasteiger partial charge is 0.266 e. The summed E-state index contributed by atoms with van der Waals surface area (Å²) in [7, 11) is 0. The fraction of sp³-hybridized carbons (Fsp3) is 0.267. The third-order valence-corrected chi connectivity index (χ3v) is 3.74. The van der Waals surface area contributed by atoms with Gasteiger partial charge in [-0.3, -0.25) is 14.4 Å². The summed E-state index contributed by atoms with van der Waals surface area (Å²) in [5.41, 5.74) is -0.350. The molecule has 0 aliphatic heterocycles. The Kier molecular flexibility index (Phi) is 4.09. The Morgan fingerprint density at radius 3 is 2.62 bits per heavy atom. The number of carbonyl (C=O) groups excluding carboxylic acids is 1. The van der Waals surface area contributed by atoms with Crippen LogP contribution >= 0.6 is 11.3 Å². The summed E-state index contributed by atoms with van der Waals surface area (Å²) in [6, 6.07) is 3.10. The van der Waals surface area contributed by atoms with Gasteiger partial charge in [-0.15, -0.1) is 11.3 Å². The predicted molar refractivity (Wildman–Crippen MR) is 83.7 cm³/mol. The highest BCUT2D eigenvalue weighted by Crippen LogP contribution is 2.14. The van der Waals surface area contributed by atoms with E-state index in [0.717, 1.165) is 0 Å². The molecule has 0 unspecified atom stereocenters. The van der Waals surface area contributed by atoms with Crippen molar-refractivity contribution in [3.8, 4) is 0 Å². The van der Waals surface area contributed by atoms with Crippen molar-refractivity contribution in [1.82, 2.24) is 9.97 Å². The summed E-state index contributed by atoms with van der Waals surface area (Å²) in [6.07, 6.45) is 4.59. The van der Waals surface area contributed by atoms with Crippen molar-refractivity contribution in [1.29, 1.82) is 0 Å². The number of ketones is 1. The number of aromatic amines is 2. The van der Waals surface area contributed by atoms with Crippen molar-refractivity contribution in [3.63, 3.8) is 0 Å². The molecule has 0 bridgehead atoms. The maximum atomic E-state index is 11.9. The third-order valence-electron chi connectivity index (χ3n) is 2.78. The molecule has 5 nitrogen and oxygen atoms in total.